The molecule has 69 heavy (non-hydrogen) atoms. The summed E-state index contributed by atoms with van der Waals surface area (Å²) in [5, 5.41) is 40.3. The van der Waals surface area contributed by atoms with Crippen LogP contribution in [0.25, 0.3) is 0 Å². The molecular weight excluding hydrogens is 869 g/mol. The molecule has 0 aromatic carbocycles. The smallest absolute Gasteiger partial charge is 0.306 e. The van der Waals surface area contributed by atoms with Gasteiger partial charge in [-0.3, -0.25) is 9.59 Å². The second-order valence-electron chi connectivity index (χ2n) is 19.7. The van der Waals surface area contributed by atoms with Crippen LogP contribution in [0, 0.1) is 0 Å². The molecule has 1 heterocycles. The van der Waals surface area contributed by atoms with Crippen LogP contribution in [0.4, 0.5) is 0 Å². The van der Waals surface area contributed by atoms with Gasteiger partial charge in [0.05, 0.1) is 13.2 Å². The van der Waals surface area contributed by atoms with Gasteiger partial charge in [-0.1, -0.05) is 242 Å². The lowest BCUT2D eigenvalue weighted by Gasteiger charge is -2.39. The Hall–Kier alpha value is -2.34. The average Bonchev–Trinajstić information content (AvgIpc) is 3.35. The second-order valence-corrected chi connectivity index (χ2v) is 19.7. The first-order valence-electron chi connectivity index (χ1n) is 28.7. The molecule has 0 aliphatic carbocycles. The van der Waals surface area contributed by atoms with Gasteiger partial charge in [-0.05, 0) is 51.4 Å². The van der Waals surface area contributed by atoms with Crippen molar-refractivity contribution in [3.63, 3.8) is 0 Å². The fourth-order valence-corrected chi connectivity index (χ4v) is 8.77. The van der Waals surface area contributed by atoms with E-state index in [9.17, 15) is 30.0 Å². The lowest BCUT2D eigenvalue weighted by atomic mass is 9.99. The molecule has 0 amide bonds. The Kier molecular flexibility index (Phi) is 46.2. The van der Waals surface area contributed by atoms with Gasteiger partial charge in [-0.15, -0.1) is 0 Å². The monoisotopic (exact) mass is 975 g/mol. The number of aliphatic hydroxyl groups excluding tert-OH is 4. The maximum atomic E-state index is 12.9. The van der Waals surface area contributed by atoms with Gasteiger partial charge in [0.25, 0.3) is 0 Å². The van der Waals surface area contributed by atoms with Gasteiger partial charge >= 0.3 is 11.9 Å². The quantitative estimate of drug-likeness (QED) is 0.0263. The number of aliphatic hydroxyl groups is 4. The van der Waals surface area contributed by atoms with E-state index in [0.717, 1.165) is 70.6 Å². The summed E-state index contributed by atoms with van der Waals surface area (Å²) in [7, 11) is 0. The standard InChI is InChI=1S/C59H106O10/c1-3-5-7-9-11-13-15-17-19-21-23-25-26-28-29-31-33-35-37-39-41-43-45-47-54(61)66-50-52(51-67-59-58(65)57(64)56(63)53(49-60)69-59)68-55(62)48-46-44-42-40-38-36-34-32-30-27-24-22-20-18-16-14-12-10-8-6-4-2/h6,8,12,14,18,20,24,27,52-53,56-60,63-65H,3-5,7,9-11,13,15-17,19,21-23,25-26,28-51H2,1-2H3/b8-6-,14-12-,20-18-,27-24-. The van der Waals surface area contributed by atoms with Crippen LogP contribution in [0.2, 0.25) is 0 Å². The zero-order valence-electron chi connectivity index (χ0n) is 44.3. The molecule has 1 aliphatic heterocycles. The first-order valence-corrected chi connectivity index (χ1v) is 28.7. The minimum atomic E-state index is -1.60. The van der Waals surface area contributed by atoms with E-state index in [1.807, 2.05) is 0 Å². The number of carbonyl (C=O) groups excluding carboxylic acids is 2. The van der Waals surface area contributed by atoms with Crippen molar-refractivity contribution in [3.05, 3.63) is 48.6 Å². The molecule has 0 saturated carbocycles. The maximum Gasteiger partial charge on any atom is 0.306 e. The third-order valence-electron chi connectivity index (χ3n) is 13.2. The molecule has 6 atom stereocenters. The van der Waals surface area contributed by atoms with Crippen LogP contribution in [0.5, 0.6) is 0 Å². The Morgan fingerprint density at radius 3 is 1.29 bits per heavy atom. The van der Waals surface area contributed by atoms with E-state index >= 15 is 0 Å². The van der Waals surface area contributed by atoms with Crippen LogP contribution in [-0.2, 0) is 28.5 Å². The van der Waals surface area contributed by atoms with Crippen molar-refractivity contribution in [2.24, 2.45) is 0 Å². The van der Waals surface area contributed by atoms with Crippen molar-refractivity contribution in [2.45, 2.75) is 295 Å². The lowest BCUT2D eigenvalue weighted by molar-refractivity contribution is -0.305. The summed E-state index contributed by atoms with van der Waals surface area (Å²) in [6, 6.07) is 0. The van der Waals surface area contributed by atoms with Crippen LogP contribution in [0.1, 0.15) is 258 Å². The van der Waals surface area contributed by atoms with E-state index in [4.69, 9.17) is 18.9 Å². The van der Waals surface area contributed by atoms with Crippen LogP contribution >= 0.6 is 0 Å². The van der Waals surface area contributed by atoms with Crippen molar-refractivity contribution in [2.75, 3.05) is 19.8 Å². The Bertz CT molecular complexity index is 1260. The fourth-order valence-electron chi connectivity index (χ4n) is 8.77. The first-order chi connectivity index (χ1) is 33.8. The molecule has 0 aromatic heterocycles. The Morgan fingerprint density at radius 2 is 0.855 bits per heavy atom. The van der Waals surface area contributed by atoms with E-state index in [2.05, 4.69) is 62.5 Å². The molecule has 1 rings (SSSR count). The molecule has 10 heteroatoms. The highest BCUT2D eigenvalue weighted by Gasteiger charge is 2.44. The summed E-state index contributed by atoms with van der Waals surface area (Å²) < 4.78 is 22.3. The molecule has 4 N–H and O–H groups in total. The topological polar surface area (TPSA) is 152 Å². The summed E-state index contributed by atoms with van der Waals surface area (Å²) in [6.07, 6.45) is 54.1. The van der Waals surface area contributed by atoms with Gasteiger partial charge in [0, 0.05) is 12.8 Å². The van der Waals surface area contributed by atoms with Crippen molar-refractivity contribution in [3.8, 4) is 0 Å². The minimum absolute atomic E-state index is 0.219. The van der Waals surface area contributed by atoms with E-state index in [1.54, 1.807) is 0 Å². The zero-order valence-corrected chi connectivity index (χ0v) is 44.3. The molecule has 10 nitrogen and oxygen atoms in total. The van der Waals surface area contributed by atoms with E-state index in [1.165, 1.54) is 154 Å². The molecule has 1 fully saturated rings. The number of unbranched alkanes of at least 4 members (excludes halogenated alkanes) is 30. The van der Waals surface area contributed by atoms with Crippen molar-refractivity contribution >= 4 is 11.9 Å². The minimum Gasteiger partial charge on any atom is -0.462 e. The van der Waals surface area contributed by atoms with Gasteiger partial charge in [0.15, 0.2) is 12.4 Å². The van der Waals surface area contributed by atoms with Crippen LogP contribution in [0.15, 0.2) is 48.6 Å². The van der Waals surface area contributed by atoms with Crippen LogP contribution in [-0.4, -0.2) is 89.0 Å². The van der Waals surface area contributed by atoms with E-state index in [-0.39, 0.29) is 32.0 Å². The number of esters is 2. The number of allylic oxidation sites excluding steroid dienone is 8. The second kappa shape index (κ2) is 49.2. The molecule has 1 saturated heterocycles. The highest BCUT2D eigenvalue weighted by atomic mass is 16.7. The SMILES string of the molecule is CC/C=C\C/C=C\C/C=C\C/C=C\CCCCCCCCCCC(=O)OC(COC(=O)CCCCCCCCCCCCCCCCCCCCCCCCC)COC1OC(CO)C(O)C(O)C1O. The summed E-state index contributed by atoms with van der Waals surface area (Å²) in [5.74, 6) is -0.804. The number of carbonyl (C=O) groups is 2. The van der Waals surface area contributed by atoms with Crippen molar-refractivity contribution in [1.82, 2.24) is 0 Å². The third kappa shape index (κ3) is 39.9. The normalized spacial score (nSPS) is 19.2. The van der Waals surface area contributed by atoms with Gasteiger partial charge in [0.2, 0.25) is 0 Å². The maximum absolute atomic E-state index is 12.9. The third-order valence-corrected chi connectivity index (χ3v) is 13.2. The van der Waals surface area contributed by atoms with Gasteiger partial charge in [-0.2, -0.15) is 0 Å². The molecule has 1 aliphatic rings. The van der Waals surface area contributed by atoms with Crippen LogP contribution < -0.4 is 0 Å². The lowest BCUT2D eigenvalue weighted by Crippen LogP contribution is -2.59. The van der Waals surface area contributed by atoms with Gasteiger partial charge in [0.1, 0.15) is 31.0 Å². The van der Waals surface area contributed by atoms with Crippen molar-refractivity contribution < 1.29 is 49.0 Å². The van der Waals surface area contributed by atoms with Crippen molar-refractivity contribution in [1.29, 1.82) is 0 Å². The van der Waals surface area contributed by atoms with Crippen LogP contribution in [0.3, 0.4) is 0 Å². The highest BCUT2D eigenvalue weighted by molar-refractivity contribution is 5.70. The molecule has 0 aromatic rings. The molecule has 0 bridgehead atoms. The fraction of sp³-hybridized carbons (Fsp3) is 0.831. The van der Waals surface area contributed by atoms with Gasteiger partial charge in [-0.25, -0.2) is 0 Å². The predicted octanol–water partition coefficient (Wildman–Crippen LogP) is 14.3. The Balaban J connectivity index is 2.20. The van der Waals surface area contributed by atoms with E-state index in [0.29, 0.717) is 6.42 Å². The largest absolute Gasteiger partial charge is 0.462 e. The number of hydrogen-bond acceptors (Lipinski definition) is 10. The summed E-state index contributed by atoms with van der Waals surface area (Å²) in [5.41, 5.74) is 0. The number of ether oxygens (including phenoxy) is 4. The molecule has 6 unspecified atom stereocenters. The highest BCUT2D eigenvalue weighted by Crippen LogP contribution is 2.23. The summed E-state index contributed by atoms with van der Waals surface area (Å²) >= 11 is 0. The number of rotatable bonds is 49. The molecule has 0 radical (unpaired) electrons. The Morgan fingerprint density at radius 1 is 0.464 bits per heavy atom. The molecule has 402 valence electrons. The molecular formula is C59H106O10. The van der Waals surface area contributed by atoms with Gasteiger partial charge < -0.3 is 39.4 Å². The van der Waals surface area contributed by atoms with E-state index < -0.39 is 49.4 Å². The number of hydrogen-bond donors (Lipinski definition) is 4. The Labute approximate surface area is 422 Å². The summed E-state index contributed by atoms with van der Waals surface area (Å²) in [6.45, 7) is 3.35. The first kappa shape index (κ1) is 64.7. The average molecular weight is 975 g/mol. The zero-order chi connectivity index (χ0) is 50.1. The summed E-state index contributed by atoms with van der Waals surface area (Å²) in [4.78, 5) is 25.6. The molecule has 0 spiro atoms. The predicted molar refractivity (Wildman–Crippen MR) is 284 cm³/mol.